The molecule has 3 aromatic rings. The molecule has 0 aliphatic carbocycles. The van der Waals surface area contributed by atoms with Gasteiger partial charge in [0.1, 0.15) is 0 Å². The Balaban J connectivity index is 1.66. The zero-order chi connectivity index (χ0) is 25.7. The molecule has 2 heterocycles. The molecular weight excluding hydrogens is 476 g/mol. The number of non-ortho nitro benzene ring substituents is 1. The van der Waals surface area contributed by atoms with Gasteiger partial charge in [-0.25, -0.2) is 4.68 Å². The van der Waals surface area contributed by atoms with Crippen LogP contribution in [-0.4, -0.2) is 56.8 Å². The second-order valence-corrected chi connectivity index (χ2v) is 9.84. The number of ether oxygens (including phenoxy) is 1. The van der Waals surface area contributed by atoms with Gasteiger partial charge < -0.3 is 4.74 Å². The third-order valence-corrected chi connectivity index (χ3v) is 6.60. The zero-order valence-corrected chi connectivity index (χ0v) is 21.7. The summed E-state index contributed by atoms with van der Waals surface area (Å²) < 4.78 is 9.48. The van der Waals surface area contributed by atoms with Gasteiger partial charge in [-0.1, -0.05) is 45.0 Å². The number of rotatable bonds is 9. The predicted molar refractivity (Wildman–Crippen MR) is 142 cm³/mol. The van der Waals surface area contributed by atoms with Crippen molar-refractivity contribution in [3.05, 3.63) is 85.9 Å². The Hall–Kier alpha value is -3.21. The standard InChI is InChI=1S/C26H32N6O3S/c1-19(2)16-21-4-8-23(9-5-21)20(3)25-28-30(18-29-12-14-35-15-13-29)26(36)31(25)27-17-22-6-10-24(11-7-22)32(33)34/h4-11,17,19-20H,12-16,18H2,1-3H3/b27-17+. The lowest BCUT2D eigenvalue weighted by atomic mass is 9.96. The molecule has 1 aliphatic rings. The normalized spacial score (nSPS) is 15.6. The van der Waals surface area contributed by atoms with E-state index >= 15 is 0 Å². The SMILES string of the molecule is CC(C)Cc1ccc(C(C)c2nn(CN3CCOCC3)c(=S)n2/N=C/c2ccc([N+](=O)[O-])cc2)cc1. The van der Waals surface area contributed by atoms with E-state index in [-0.39, 0.29) is 11.6 Å². The van der Waals surface area contributed by atoms with Crippen LogP contribution >= 0.6 is 12.2 Å². The summed E-state index contributed by atoms with van der Waals surface area (Å²) in [7, 11) is 0. The molecule has 0 N–H and O–H groups in total. The average Bonchev–Trinajstić information content (AvgIpc) is 3.18. The number of benzene rings is 2. The number of hydrogen-bond donors (Lipinski definition) is 0. The summed E-state index contributed by atoms with van der Waals surface area (Å²) in [4.78, 5) is 12.8. The molecule has 1 unspecified atom stereocenters. The van der Waals surface area contributed by atoms with Crippen LogP contribution < -0.4 is 0 Å². The molecule has 190 valence electrons. The highest BCUT2D eigenvalue weighted by molar-refractivity contribution is 7.71. The first kappa shape index (κ1) is 25.9. The monoisotopic (exact) mass is 508 g/mol. The Morgan fingerprint density at radius 1 is 1.11 bits per heavy atom. The van der Waals surface area contributed by atoms with Gasteiger partial charge in [0.2, 0.25) is 4.77 Å². The van der Waals surface area contributed by atoms with E-state index in [2.05, 4.69) is 55.0 Å². The van der Waals surface area contributed by atoms with E-state index in [0.717, 1.165) is 36.5 Å². The molecule has 36 heavy (non-hydrogen) atoms. The van der Waals surface area contributed by atoms with Crippen LogP contribution in [0.1, 0.15) is 49.2 Å². The third kappa shape index (κ3) is 6.31. The first-order chi connectivity index (χ1) is 17.3. The summed E-state index contributed by atoms with van der Waals surface area (Å²) in [5.74, 6) is 1.30. The highest BCUT2D eigenvalue weighted by Crippen LogP contribution is 2.25. The van der Waals surface area contributed by atoms with E-state index in [1.54, 1.807) is 23.0 Å². The topological polar surface area (TPSA) is 90.7 Å². The van der Waals surface area contributed by atoms with Gasteiger partial charge in [-0.05, 0) is 53.4 Å². The number of hydrogen-bond acceptors (Lipinski definition) is 7. The van der Waals surface area contributed by atoms with E-state index in [1.807, 2.05) is 4.68 Å². The van der Waals surface area contributed by atoms with Crippen molar-refractivity contribution in [2.45, 2.75) is 39.8 Å². The Morgan fingerprint density at radius 2 is 1.78 bits per heavy atom. The predicted octanol–water partition coefficient (Wildman–Crippen LogP) is 4.84. The molecule has 0 saturated carbocycles. The largest absolute Gasteiger partial charge is 0.379 e. The second-order valence-electron chi connectivity index (χ2n) is 9.48. The highest BCUT2D eigenvalue weighted by atomic mass is 32.1. The molecule has 1 saturated heterocycles. The van der Waals surface area contributed by atoms with Gasteiger partial charge in [-0.15, -0.1) is 0 Å². The molecule has 1 aromatic heterocycles. The van der Waals surface area contributed by atoms with Gasteiger partial charge >= 0.3 is 0 Å². The van der Waals surface area contributed by atoms with Gasteiger partial charge in [0.25, 0.3) is 5.69 Å². The molecule has 0 bridgehead atoms. The summed E-state index contributed by atoms with van der Waals surface area (Å²) in [6.07, 6.45) is 2.70. The van der Waals surface area contributed by atoms with Crippen molar-refractivity contribution in [2.24, 2.45) is 11.0 Å². The first-order valence-corrected chi connectivity index (χ1v) is 12.6. The van der Waals surface area contributed by atoms with Crippen molar-refractivity contribution >= 4 is 24.1 Å². The van der Waals surface area contributed by atoms with E-state index < -0.39 is 4.92 Å². The molecule has 0 amide bonds. The molecule has 10 heteroatoms. The van der Waals surface area contributed by atoms with Crippen LogP contribution in [0.15, 0.2) is 53.6 Å². The van der Waals surface area contributed by atoms with Crippen LogP contribution in [0.3, 0.4) is 0 Å². The Labute approximate surface area is 216 Å². The van der Waals surface area contributed by atoms with Gasteiger partial charge in [0.05, 0.1) is 31.0 Å². The van der Waals surface area contributed by atoms with Gasteiger partial charge in [-0.3, -0.25) is 15.0 Å². The van der Waals surface area contributed by atoms with Crippen molar-refractivity contribution in [3.8, 4) is 0 Å². The van der Waals surface area contributed by atoms with Crippen molar-refractivity contribution in [1.82, 2.24) is 19.4 Å². The Kier molecular flexibility index (Phi) is 8.40. The van der Waals surface area contributed by atoms with Crippen LogP contribution in [0.25, 0.3) is 0 Å². The molecule has 1 aliphatic heterocycles. The Morgan fingerprint density at radius 3 is 2.39 bits per heavy atom. The highest BCUT2D eigenvalue weighted by Gasteiger charge is 2.21. The maximum atomic E-state index is 11.0. The molecule has 1 atom stereocenters. The minimum absolute atomic E-state index is 0.0392. The number of morpholine rings is 1. The molecule has 1 fully saturated rings. The van der Waals surface area contributed by atoms with Crippen molar-refractivity contribution < 1.29 is 9.66 Å². The van der Waals surface area contributed by atoms with Crippen molar-refractivity contribution in [3.63, 3.8) is 0 Å². The lowest BCUT2D eigenvalue weighted by molar-refractivity contribution is -0.384. The molecule has 2 aromatic carbocycles. The number of nitro groups is 1. The summed E-state index contributed by atoms with van der Waals surface area (Å²) >= 11 is 5.79. The first-order valence-electron chi connectivity index (χ1n) is 12.2. The van der Waals surface area contributed by atoms with Gasteiger partial charge in [0.15, 0.2) is 5.82 Å². The number of nitro benzene ring substituents is 1. The fraction of sp³-hybridized carbons (Fsp3) is 0.423. The molecule has 0 radical (unpaired) electrons. The minimum Gasteiger partial charge on any atom is -0.379 e. The van der Waals surface area contributed by atoms with Crippen LogP contribution in [-0.2, 0) is 17.8 Å². The van der Waals surface area contributed by atoms with Crippen molar-refractivity contribution in [2.75, 3.05) is 26.3 Å². The maximum absolute atomic E-state index is 11.0. The quantitative estimate of drug-likeness (QED) is 0.178. The third-order valence-electron chi connectivity index (χ3n) is 6.22. The maximum Gasteiger partial charge on any atom is 0.269 e. The summed E-state index contributed by atoms with van der Waals surface area (Å²) in [6.45, 7) is 10.1. The van der Waals surface area contributed by atoms with Crippen LogP contribution in [0.4, 0.5) is 5.69 Å². The van der Waals surface area contributed by atoms with E-state index in [1.165, 1.54) is 17.7 Å². The summed E-state index contributed by atoms with van der Waals surface area (Å²) in [5.41, 5.74) is 3.22. The van der Waals surface area contributed by atoms with Crippen LogP contribution in [0.2, 0.25) is 0 Å². The van der Waals surface area contributed by atoms with E-state index in [0.29, 0.717) is 30.6 Å². The Bertz CT molecular complexity index is 1260. The smallest absolute Gasteiger partial charge is 0.269 e. The van der Waals surface area contributed by atoms with Gasteiger partial charge in [-0.2, -0.15) is 14.9 Å². The molecule has 0 spiro atoms. The molecular formula is C26H32N6O3S. The lowest BCUT2D eigenvalue weighted by Gasteiger charge is -2.26. The lowest BCUT2D eigenvalue weighted by Crippen LogP contribution is -2.37. The second kappa shape index (κ2) is 11.7. The minimum atomic E-state index is -0.418. The molecule has 9 nitrogen and oxygen atoms in total. The summed E-state index contributed by atoms with van der Waals surface area (Å²) in [5, 5.41) is 20.5. The van der Waals surface area contributed by atoms with Crippen molar-refractivity contribution in [1.29, 1.82) is 0 Å². The van der Waals surface area contributed by atoms with E-state index in [4.69, 9.17) is 22.1 Å². The average molecular weight is 509 g/mol. The fourth-order valence-corrected chi connectivity index (χ4v) is 4.43. The molecule has 4 rings (SSSR count). The number of nitrogens with zero attached hydrogens (tertiary/aromatic N) is 6. The summed E-state index contributed by atoms with van der Waals surface area (Å²) in [6, 6.07) is 14.9. The fourth-order valence-electron chi connectivity index (χ4n) is 4.19. The van der Waals surface area contributed by atoms with Crippen LogP contribution in [0.5, 0.6) is 0 Å². The van der Waals surface area contributed by atoms with E-state index in [9.17, 15) is 10.1 Å². The van der Waals surface area contributed by atoms with Crippen LogP contribution in [0, 0.1) is 20.8 Å². The van der Waals surface area contributed by atoms with Gasteiger partial charge in [0, 0.05) is 31.1 Å². The zero-order valence-electron chi connectivity index (χ0n) is 20.9. The number of aromatic nitrogens is 3.